The molecular weight excluding hydrogens is 498 g/mol. The predicted octanol–water partition coefficient (Wildman–Crippen LogP) is 7.32. The van der Waals surface area contributed by atoms with Crippen LogP contribution >= 0.6 is 78.3 Å². The van der Waals surface area contributed by atoms with E-state index < -0.39 is 0 Å². The van der Waals surface area contributed by atoms with Gasteiger partial charge in [0.05, 0.1) is 10.0 Å². The molecule has 0 unspecified atom stereocenters. The van der Waals surface area contributed by atoms with E-state index in [0.717, 1.165) is 0 Å². The zero-order chi connectivity index (χ0) is 16.4. The molecule has 0 saturated heterocycles. The molecule has 0 spiro atoms. The first-order valence-electron chi connectivity index (χ1n) is 6.02. The summed E-state index contributed by atoms with van der Waals surface area (Å²) in [7, 11) is 0. The molecule has 1 nitrogen and oxygen atoms in total. The molecule has 0 aliphatic heterocycles. The third-order valence-electron chi connectivity index (χ3n) is 3.13. The Morgan fingerprint density at radius 3 is 1.45 bits per heavy atom. The molecule has 0 atom stereocenters. The van der Waals surface area contributed by atoms with E-state index in [4.69, 9.17) is 46.4 Å². The fourth-order valence-electron chi connectivity index (χ4n) is 1.94. The number of carbonyl (C=O) groups is 1. The van der Waals surface area contributed by atoms with Crippen LogP contribution in [0.1, 0.15) is 27.0 Å². The van der Waals surface area contributed by atoms with Gasteiger partial charge in [-0.25, -0.2) is 0 Å². The predicted molar refractivity (Wildman–Crippen MR) is 102 cm³/mol. The van der Waals surface area contributed by atoms with Gasteiger partial charge >= 0.3 is 0 Å². The Hall–Kier alpha value is 0.230. The number of alkyl halides is 2. The van der Waals surface area contributed by atoms with E-state index in [2.05, 4.69) is 31.9 Å². The van der Waals surface area contributed by atoms with Gasteiger partial charge in [0, 0.05) is 43.0 Å². The number of hydrogen-bond donors (Lipinski definition) is 0. The fraction of sp³-hybridized carbons (Fsp3) is 0.133. The lowest BCUT2D eigenvalue weighted by Gasteiger charge is -2.12. The summed E-state index contributed by atoms with van der Waals surface area (Å²) in [6.45, 7) is 0. The summed E-state index contributed by atoms with van der Waals surface area (Å²) < 4.78 is 0. The van der Waals surface area contributed by atoms with Crippen LogP contribution in [0.2, 0.25) is 20.1 Å². The molecule has 2 aromatic rings. The Morgan fingerprint density at radius 2 is 1.14 bits per heavy atom. The van der Waals surface area contributed by atoms with E-state index in [0.29, 0.717) is 53.0 Å². The zero-order valence-corrected chi connectivity index (χ0v) is 17.1. The number of halogens is 6. The molecule has 7 heteroatoms. The fourth-order valence-corrected chi connectivity index (χ4v) is 4.93. The molecule has 116 valence electrons. The van der Waals surface area contributed by atoms with Crippen molar-refractivity contribution in [3.05, 3.63) is 66.6 Å². The Morgan fingerprint density at radius 1 is 0.773 bits per heavy atom. The van der Waals surface area contributed by atoms with Gasteiger partial charge in [-0.1, -0.05) is 78.3 Å². The molecule has 0 saturated carbocycles. The first-order chi connectivity index (χ1) is 10.4. The average molecular weight is 506 g/mol. The number of ketones is 1. The van der Waals surface area contributed by atoms with Crippen molar-refractivity contribution in [3.8, 4) is 0 Å². The van der Waals surface area contributed by atoms with Gasteiger partial charge in [0.15, 0.2) is 5.78 Å². The topological polar surface area (TPSA) is 17.1 Å². The van der Waals surface area contributed by atoms with Gasteiger partial charge in [0.25, 0.3) is 0 Å². The van der Waals surface area contributed by atoms with Gasteiger partial charge in [-0.15, -0.1) is 0 Å². The van der Waals surface area contributed by atoms with Crippen LogP contribution in [0.25, 0.3) is 0 Å². The van der Waals surface area contributed by atoms with Crippen molar-refractivity contribution in [2.24, 2.45) is 0 Å². The van der Waals surface area contributed by atoms with Crippen molar-refractivity contribution >= 4 is 84.0 Å². The van der Waals surface area contributed by atoms with E-state index in [-0.39, 0.29) is 5.78 Å². The smallest absolute Gasteiger partial charge is 0.196 e. The van der Waals surface area contributed by atoms with Crippen LogP contribution < -0.4 is 0 Å². The maximum absolute atomic E-state index is 12.8. The monoisotopic (exact) mass is 502 g/mol. The van der Waals surface area contributed by atoms with Crippen LogP contribution in [0, 0.1) is 0 Å². The van der Waals surface area contributed by atoms with Gasteiger partial charge in [-0.05, 0) is 24.3 Å². The number of rotatable bonds is 4. The summed E-state index contributed by atoms with van der Waals surface area (Å²) in [5, 5.41) is 2.55. The summed E-state index contributed by atoms with van der Waals surface area (Å²) in [6, 6.07) is 6.48. The van der Waals surface area contributed by atoms with E-state index in [1.54, 1.807) is 24.3 Å². The van der Waals surface area contributed by atoms with Gasteiger partial charge in [-0.2, -0.15) is 0 Å². The van der Waals surface area contributed by atoms with Crippen LogP contribution in [0.3, 0.4) is 0 Å². The molecule has 0 amide bonds. The molecule has 0 bridgehead atoms. The maximum atomic E-state index is 12.8. The van der Waals surface area contributed by atoms with Gasteiger partial charge in [0.2, 0.25) is 0 Å². The molecule has 0 radical (unpaired) electrons. The molecule has 0 fully saturated rings. The second-order valence-electron chi connectivity index (χ2n) is 4.37. The molecule has 22 heavy (non-hydrogen) atoms. The minimum atomic E-state index is -0.271. The Labute approximate surface area is 165 Å². The van der Waals surface area contributed by atoms with Crippen LogP contribution in [-0.4, -0.2) is 5.78 Å². The van der Waals surface area contributed by atoms with Crippen LogP contribution in [0.15, 0.2) is 24.3 Å². The number of hydrogen-bond acceptors (Lipinski definition) is 1. The molecule has 0 aliphatic carbocycles. The first-order valence-corrected chi connectivity index (χ1v) is 9.78. The standard InChI is InChI=1S/C15H8Br2Cl4O/c16-5-9-11(18)3-1-7(13(9)20)15(22)8-2-4-12(19)10(6-17)14(8)21/h1-4H,5-6H2. The van der Waals surface area contributed by atoms with E-state index in [1.165, 1.54) is 0 Å². The molecule has 0 aromatic heterocycles. The Kier molecular flexibility index (Phi) is 6.64. The number of benzene rings is 2. The lowest BCUT2D eigenvalue weighted by molar-refractivity contribution is 0.103. The summed E-state index contributed by atoms with van der Waals surface area (Å²) in [5.74, 6) is -0.271. The van der Waals surface area contributed by atoms with Crippen molar-refractivity contribution in [2.45, 2.75) is 10.7 Å². The van der Waals surface area contributed by atoms with Gasteiger partial charge in [-0.3, -0.25) is 4.79 Å². The number of carbonyl (C=O) groups excluding carboxylic acids is 1. The lowest BCUT2D eigenvalue weighted by atomic mass is 10.00. The second kappa shape index (κ2) is 7.87. The Balaban J connectivity index is 2.59. The summed E-state index contributed by atoms with van der Waals surface area (Å²) >= 11 is 31.4. The third kappa shape index (κ3) is 3.50. The van der Waals surface area contributed by atoms with Crippen LogP contribution in [0.5, 0.6) is 0 Å². The Bertz CT molecular complexity index is 685. The molecule has 2 rings (SSSR count). The summed E-state index contributed by atoms with van der Waals surface area (Å²) in [4.78, 5) is 12.8. The van der Waals surface area contributed by atoms with E-state index >= 15 is 0 Å². The minimum Gasteiger partial charge on any atom is -0.288 e. The highest BCUT2D eigenvalue weighted by Gasteiger charge is 2.21. The largest absolute Gasteiger partial charge is 0.288 e. The third-order valence-corrected chi connectivity index (χ3v) is 5.82. The SMILES string of the molecule is O=C(c1ccc(Cl)c(CBr)c1Cl)c1ccc(Cl)c(CBr)c1Cl. The highest BCUT2D eigenvalue weighted by atomic mass is 79.9. The first kappa shape index (κ1) is 18.6. The van der Waals surface area contributed by atoms with Crippen LogP contribution in [0.4, 0.5) is 0 Å². The second-order valence-corrected chi connectivity index (χ2v) is 7.06. The van der Waals surface area contributed by atoms with Crippen LogP contribution in [-0.2, 0) is 10.7 Å². The van der Waals surface area contributed by atoms with Gasteiger partial charge < -0.3 is 0 Å². The molecule has 0 aliphatic rings. The zero-order valence-electron chi connectivity index (χ0n) is 10.9. The maximum Gasteiger partial charge on any atom is 0.196 e. The van der Waals surface area contributed by atoms with E-state index in [1.807, 2.05) is 0 Å². The summed E-state index contributed by atoms with van der Waals surface area (Å²) in [6.07, 6.45) is 0. The van der Waals surface area contributed by atoms with E-state index in [9.17, 15) is 4.79 Å². The molecule has 2 aromatic carbocycles. The molecule has 0 N–H and O–H groups in total. The molecular formula is C15H8Br2Cl4O. The van der Waals surface area contributed by atoms with Crippen molar-refractivity contribution in [2.75, 3.05) is 0 Å². The average Bonchev–Trinajstić information content (AvgIpc) is 2.48. The van der Waals surface area contributed by atoms with Gasteiger partial charge in [0.1, 0.15) is 0 Å². The highest BCUT2D eigenvalue weighted by Crippen LogP contribution is 2.35. The highest BCUT2D eigenvalue weighted by molar-refractivity contribution is 9.08. The van der Waals surface area contributed by atoms with Crippen molar-refractivity contribution in [3.63, 3.8) is 0 Å². The van der Waals surface area contributed by atoms with Crippen molar-refractivity contribution in [1.82, 2.24) is 0 Å². The lowest BCUT2D eigenvalue weighted by Crippen LogP contribution is -2.06. The normalized spacial score (nSPS) is 10.8. The quantitative estimate of drug-likeness (QED) is 0.314. The van der Waals surface area contributed by atoms with Crippen molar-refractivity contribution in [1.29, 1.82) is 0 Å². The summed E-state index contributed by atoms with van der Waals surface area (Å²) in [5.41, 5.74) is 2.04. The minimum absolute atomic E-state index is 0.271. The van der Waals surface area contributed by atoms with Crippen molar-refractivity contribution < 1.29 is 4.79 Å². The molecule has 0 heterocycles.